The summed E-state index contributed by atoms with van der Waals surface area (Å²) in [6, 6.07) is 4.87. The summed E-state index contributed by atoms with van der Waals surface area (Å²) in [6.45, 7) is 2.80. The highest BCUT2D eigenvalue weighted by molar-refractivity contribution is 5.99. The summed E-state index contributed by atoms with van der Waals surface area (Å²) >= 11 is 0. The lowest BCUT2D eigenvalue weighted by Gasteiger charge is -2.58. The number of benzene rings is 1. The van der Waals surface area contributed by atoms with E-state index in [0.717, 1.165) is 30.9 Å². The minimum Gasteiger partial charge on any atom is -0.493 e. The number of rotatable bonds is 2. The fraction of sp³-hybridized carbons (Fsp3) is 0.609. The Balaban J connectivity index is 0.00000102. The summed E-state index contributed by atoms with van der Waals surface area (Å²) in [4.78, 5) is 18.3. The fourth-order valence-electron chi connectivity index (χ4n) is 7.87. The molecule has 6 atom stereocenters. The SMILES string of the molecule is COc1cc2c(cc1OC)[C@@]13CCN4CC5=CCOC6CC(=O)N2C1C6C5CC43.Cl.O. The zero-order chi connectivity index (χ0) is 19.5. The van der Waals surface area contributed by atoms with Gasteiger partial charge in [0.05, 0.1) is 45.1 Å². The van der Waals surface area contributed by atoms with Gasteiger partial charge in [-0.2, -0.15) is 0 Å². The number of piperidine rings is 2. The summed E-state index contributed by atoms with van der Waals surface area (Å²) in [5, 5.41) is 0. The lowest BCUT2D eigenvalue weighted by Crippen LogP contribution is -2.69. The number of methoxy groups -OCH3 is 2. The molecule has 3 saturated heterocycles. The Kier molecular flexibility index (Phi) is 4.65. The van der Waals surface area contributed by atoms with E-state index in [0.29, 0.717) is 36.7 Å². The van der Waals surface area contributed by atoms with E-state index in [1.54, 1.807) is 19.8 Å². The van der Waals surface area contributed by atoms with Crippen molar-refractivity contribution in [3.05, 3.63) is 29.3 Å². The van der Waals surface area contributed by atoms with E-state index in [2.05, 4.69) is 21.9 Å². The Morgan fingerprint density at radius 3 is 2.74 bits per heavy atom. The van der Waals surface area contributed by atoms with Crippen LogP contribution in [0.3, 0.4) is 0 Å². The molecule has 6 aliphatic rings. The van der Waals surface area contributed by atoms with Crippen LogP contribution in [-0.2, 0) is 14.9 Å². The molecule has 7 rings (SSSR count). The lowest BCUT2D eigenvalue weighted by molar-refractivity contribution is -0.132. The molecule has 5 heterocycles. The van der Waals surface area contributed by atoms with Crippen LogP contribution in [-0.4, -0.2) is 68.4 Å². The van der Waals surface area contributed by atoms with Crippen LogP contribution in [0.1, 0.15) is 24.8 Å². The molecule has 4 fully saturated rings. The van der Waals surface area contributed by atoms with Gasteiger partial charge in [-0.15, -0.1) is 12.4 Å². The number of anilines is 1. The molecule has 1 saturated carbocycles. The second-order valence-electron chi connectivity index (χ2n) is 9.48. The van der Waals surface area contributed by atoms with Crippen molar-refractivity contribution in [2.45, 2.75) is 42.9 Å². The van der Waals surface area contributed by atoms with E-state index in [1.807, 2.05) is 6.07 Å². The number of halogens is 1. The average Bonchev–Trinajstić information content (AvgIpc) is 3.20. The van der Waals surface area contributed by atoms with Gasteiger partial charge < -0.3 is 24.6 Å². The molecule has 0 aromatic heterocycles. The highest BCUT2D eigenvalue weighted by Crippen LogP contribution is 2.66. The van der Waals surface area contributed by atoms with Crippen molar-refractivity contribution in [3.63, 3.8) is 0 Å². The molecular formula is C23H29ClN2O5. The first-order chi connectivity index (χ1) is 14.2. The molecule has 1 spiro atoms. The molecule has 2 bridgehead atoms. The molecule has 1 amide bonds. The molecule has 0 radical (unpaired) electrons. The highest BCUT2D eigenvalue weighted by atomic mass is 35.5. The minimum absolute atomic E-state index is 0. The normalized spacial score (nSPS) is 38.4. The maximum Gasteiger partial charge on any atom is 0.229 e. The third kappa shape index (κ3) is 2.28. The van der Waals surface area contributed by atoms with Gasteiger partial charge in [0, 0.05) is 30.0 Å². The van der Waals surface area contributed by atoms with Crippen molar-refractivity contribution in [2.75, 3.05) is 38.8 Å². The van der Waals surface area contributed by atoms with Crippen LogP contribution in [0.25, 0.3) is 0 Å². The number of carbonyl (C=O) groups is 1. The van der Waals surface area contributed by atoms with Crippen LogP contribution in [0.5, 0.6) is 11.5 Å². The Labute approximate surface area is 188 Å². The van der Waals surface area contributed by atoms with Gasteiger partial charge >= 0.3 is 0 Å². The van der Waals surface area contributed by atoms with E-state index in [-0.39, 0.29) is 41.4 Å². The third-order valence-electron chi connectivity index (χ3n) is 8.81. The molecule has 1 aromatic rings. The molecule has 8 heteroatoms. The van der Waals surface area contributed by atoms with Crippen molar-refractivity contribution in [3.8, 4) is 11.5 Å². The average molecular weight is 449 g/mol. The van der Waals surface area contributed by atoms with Crippen molar-refractivity contribution < 1.29 is 24.5 Å². The quantitative estimate of drug-likeness (QED) is 0.643. The van der Waals surface area contributed by atoms with Crippen molar-refractivity contribution in [1.29, 1.82) is 0 Å². The Morgan fingerprint density at radius 2 is 1.97 bits per heavy atom. The number of ether oxygens (including phenoxy) is 3. The molecule has 5 unspecified atom stereocenters. The molecule has 1 aromatic carbocycles. The first kappa shape index (κ1) is 21.1. The number of carbonyl (C=O) groups excluding carboxylic acids is 1. The lowest BCUT2D eigenvalue weighted by atomic mass is 9.53. The van der Waals surface area contributed by atoms with Gasteiger partial charge in [-0.3, -0.25) is 9.69 Å². The summed E-state index contributed by atoms with van der Waals surface area (Å²) < 4.78 is 17.6. The van der Waals surface area contributed by atoms with Crippen LogP contribution in [0.4, 0.5) is 5.69 Å². The second-order valence-corrected chi connectivity index (χ2v) is 9.48. The van der Waals surface area contributed by atoms with Crippen LogP contribution in [0.15, 0.2) is 23.8 Å². The smallest absolute Gasteiger partial charge is 0.229 e. The summed E-state index contributed by atoms with van der Waals surface area (Å²) in [7, 11) is 3.36. The zero-order valence-electron chi connectivity index (χ0n) is 17.8. The highest BCUT2D eigenvalue weighted by Gasteiger charge is 2.71. The number of nitrogens with zero attached hydrogens (tertiary/aromatic N) is 2. The summed E-state index contributed by atoms with van der Waals surface area (Å²) in [5.74, 6) is 2.57. The topological polar surface area (TPSA) is 82.7 Å². The van der Waals surface area contributed by atoms with Gasteiger partial charge in [0.15, 0.2) is 11.5 Å². The van der Waals surface area contributed by atoms with Crippen molar-refractivity contribution in [2.24, 2.45) is 11.8 Å². The first-order valence-corrected chi connectivity index (χ1v) is 10.8. The molecular weight excluding hydrogens is 420 g/mol. The van der Waals surface area contributed by atoms with Crippen LogP contribution in [0.2, 0.25) is 0 Å². The number of fused-ring (bicyclic) bond motifs is 2. The van der Waals surface area contributed by atoms with Crippen molar-refractivity contribution in [1.82, 2.24) is 4.90 Å². The van der Waals surface area contributed by atoms with Gasteiger partial charge in [-0.05, 0) is 36.9 Å². The molecule has 7 nitrogen and oxygen atoms in total. The molecule has 168 valence electrons. The van der Waals surface area contributed by atoms with E-state index < -0.39 is 0 Å². The molecule has 5 aliphatic heterocycles. The third-order valence-corrected chi connectivity index (χ3v) is 8.81. The number of hydrogen-bond acceptors (Lipinski definition) is 5. The predicted molar refractivity (Wildman–Crippen MR) is 117 cm³/mol. The Bertz CT molecular complexity index is 983. The first-order valence-electron chi connectivity index (χ1n) is 10.8. The van der Waals surface area contributed by atoms with Gasteiger partial charge in [0.1, 0.15) is 0 Å². The van der Waals surface area contributed by atoms with Crippen LogP contribution >= 0.6 is 12.4 Å². The van der Waals surface area contributed by atoms with Gasteiger partial charge in [-0.1, -0.05) is 11.6 Å². The van der Waals surface area contributed by atoms with Crippen LogP contribution in [0, 0.1) is 11.8 Å². The minimum atomic E-state index is -0.0242. The Hall–Kier alpha value is -1.80. The van der Waals surface area contributed by atoms with E-state index in [9.17, 15) is 4.79 Å². The summed E-state index contributed by atoms with van der Waals surface area (Å²) in [6.07, 6.45) is 5.11. The number of amides is 1. The van der Waals surface area contributed by atoms with Gasteiger partial charge in [0.25, 0.3) is 0 Å². The van der Waals surface area contributed by atoms with E-state index in [4.69, 9.17) is 14.2 Å². The van der Waals surface area contributed by atoms with Gasteiger partial charge in [0.2, 0.25) is 5.91 Å². The maximum atomic E-state index is 13.5. The Morgan fingerprint density at radius 1 is 1.19 bits per heavy atom. The van der Waals surface area contributed by atoms with Crippen LogP contribution < -0.4 is 14.4 Å². The van der Waals surface area contributed by atoms with E-state index >= 15 is 0 Å². The van der Waals surface area contributed by atoms with Gasteiger partial charge in [-0.25, -0.2) is 0 Å². The maximum absolute atomic E-state index is 13.5. The largest absolute Gasteiger partial charge is 0.493 e. The van der Waals surface area contributed by atoms with Crippen molar-refractivity contribution >= 4 is 24.0 Å². The zero-order valence-corrected chi connectivity index (χ0v) is 18.6. The molecule has 31 heavy (non-hydrogen) atoms. The summed E-state index contributed by atoms with van der Waals surface area (Å²) in [5.41, 5.74) is 3.85. The molecule has 2 N–H and O–H groups in total. The number of hydrogen-bond donors (Lipinski definition) is 0. The monoisotopic (exact) mass is 448 g/mol. The van der Waals surface area contributed by atoms with E-state index in [1.165, 1.54) is 12.0 Å². The second kappa shape index (κ2) is 6.85. The fourth-order valence-corrected chi connectivity index (χ4v) is 7.87. The molecule has 1 aliphatic carbocycles. The predicted octanol–water partition coefficient (Wildman–Crippen LogP) is 1.71. The standard InChI is InChI=1S/C23H26N2O4.ClH.H2O/c1-27-16-8-14-15(9-17(16)28-2)25-20(26)10-18-21-13-7-19-23(14,22(21)25)4-5-24(19)11-12(13)3-6-29-18;;/h3,8-9,13,18-19,21-22H,4-7,10-11H2,1-2H3;1H;1H2/t13?,18?,19?,21?,22?,23-;;/m1../s1.